The van der Waals surface area contributed by atoms with E-state index in [-0.39, 0.29) is 0 Å². The Morgan fingerprint density at radius 1 is 1.38 bits per heavy atom. The van der Waals surface area contributed by atoms with Gasteiger partial charge in [-0.15, -0.1) is 0 Å². The molecule has 3 nitrogen and oxygen atoms in total. The summed E-state index contributed by atoms with van der Waals surface area (Å²) < 4.78 is 5.21. The van der Waals surface area contributed by atoms with Crippen LogP contribution in [0.2, 0.25) is 0 Å². The van der Waals surface area contributed by atoms with Crippen LogP contribution in [-0.2, 0) is 6.54 Å². The zero-order chi connectivity index (χ0) is 12.1. The summed E-state index contributed by atoms with van der Waals surface area (Å²) in [5, 5.41) is 0. The maximum Gasteiger partial charge on any atom is 0.121 e. The van der Waals surface area contributed by atoms with E-state index in [4.69, 9.17) is 10.5 Å². The van der Waals surface area contributed by atoms with Crippen LogP contribution in [0.5, 0.6) is 5.75 Å². The van der Waals surface area contributed by atoms with Crippen LogP contribution in [0.15, 0.2) is 18.2 Å². The number of benzene rings is 1. The van der Waals surface area contributed by atoms with Crippen molar-refractivity contribution in [2.24, 2.45) is 0 Å². The van der Waals surface area contributed by atoms with Gasteiger partial charge in [0.15, 0.2) is 0 Å². The number of methoxy groups -OCH3 is 1. The average molecular weight is 222 g/mol. The van der Waals surface area contributed by atoms with Crippen molar-refractivity contribution in [3.63, 3.8) is 0 Å². The lowest BCUT2D eigenvalue weighted by molar-refractivity contribution is 0.243. The van der Waals surface area contributed by atoms with Crippen LogP contribution in [0.4, 0.5) is 5.69 Å². The lowest BCUT2D eigenvalue weighted by Gasteiger charge is -2.23. The highest BCUT2D eigenvalue weighted by atomic mass is 16.5. The summed E-state index contributed by atoms with van der Waals surface area (Å²) in [6.07, 6.45) is 1.15. The molecule has 0 bridgehead atoms. The van der Waals surface area contributed by atoms with Crippen LogP contribution in [0.1, 0.15) is 25.8 Å². The molecule has 0 aliphatic rings. The zero-order valence-corrected chi connectivity index (χ0v) is 10.7. The van der Waals surface area contributed by atoms with Gasteiger partial charge >= 0.3 is 0 Å². The van der Waals surface area contributed by atoms with Gasteiger partial charge in [-0.1, -0.05) is 6.92 Å². The predicted octanol–water partition coefficient (Wildman–Crippen LogP) is 2.51. The molecule has 0 aliphatic heterocycles. The topological polar surface area (TPSA) is 38.5 Å². The summed E-state index contributed by atoms with van der Waals surface area (Å²) in [5.74, 6) is 0.826. The molecule has 0 heterocycles. The molecule has 1 atom stereocenters. The van der Waals surface area contributed by atoms with E-state index in [2.05, 4.69) is 25.8 Å². The van der Waals surface area contributed by atoms with Crippen molar-refractivity contribution >= 4 is 5.69 Å². The van der Waals surface area contributed by atoms with Gasteiger partial charge in [-0.3, -0.25) is 4.90 Å². The molecule has 0 fully saturated rings. The Balaban J connectivity index is 2.76. The summed E-state index contributed by atoms with van der Waals surface area (Å²) >= 11 is 0. The van der Waals surface area contributed by atoms with Crippen molar-refractivity contribution in [3.05, 3.63) is 23.8 Å². The molecule has 0 saturated heterocycles. The number of hydrogen-bond acceptors (Lipinski definition) is 3. The molecule has 0 saturated carbocycles. The molecule has 0 radical (unpaired) electrons. The number of ether oxygens (including phenoxy) is 1. The first-order valence-electron chi connectivity index (χ1n) is 5.70. The van der Waals surface area contributed by atoms with E-state index < -0.39 is 0 Å². The Morgan fingerprint density at radius 3 is 2.62 bits per heavy atom. The second kappa shape index (κ2) is 5.75. The summed E-state index contributed by atoms with van der Waals surface area (Å²) in [5.41, 5.74) is 7.77. The lowest BCUT2D eigenvalue weighted by Crippen LogP contribution is -2.27. The smallest absolute Gasteiger partial charge is 0.121 e. The maximum atomic E-state index is 5.82. The average Bonchev–Trinajstić information content (AvgIpc) is 2.26. The van der Waals surface area contributed by atoms with Crippen molar-refractivity contribution in [2.45, 2.75) is 32.9 Å². The maximum absolute atomic E-state index is 5.82. The Bertz CT molecular complexity index is 339. The molecule has 0 aromatic heterocycles. The van der Waals surface area contributed by atoms with Gasteiger partial charge in [0.1, 0.15) is 5.75 Å². The number of rotatable bonds is 5. The van der Waals surface area contributed by atoms with Crippen LogP contribution in [-0.4, -0.2) is 25.1 Å². The summed E-state index contributed by atoms with van der Waals surface area (Å²) in [7, 11) is 3.79. The first-order valence-corrected chi connectivity index (χ1v) is 5.70. The molecule has 1 aromatic carbocycles. The third kappa shape index (κ3) is 3.42. The fourth-order valence-electron chi connectivity index (χ4n) is 1.65. The van der Waals surface area contributed by atoms with Gasteiger partial charge in [0.2, 0.25) is 0 Å². The standard InChI is InChI=1S/C13H22N2O/c1-5-10(2)15(3)9-11-6-12(14)8-13(7-11)16-4/h6-8,10H,5,9,14H2,1-4H3. The molecule has 1 unspecified atom stereocenters. The third-order valence-corrected chi connectivity index (χ3v) is 3.00. The summed E-state index contributed by atoms with van der Waals surface area (Å²) in [6.45, 7) is 5.32. The van der Waals surface area contributed by atoms with Crippen molar-refractivity contribution in [1.82, 2.24) is 4.90 Å². The van der Waals surface area contributed by atoms with Crippen molar-refractivity contribution in [2.75, 3.05) is 19.9 Å². The SMILES string of the molecule is CCC(C)N(C)Cc1cc(N)cc(OC)c1. The van der Waals surface area contributed by atoms with E-state index in [1.54, 1.807) is 7.11 Å². The Kier molecular flexibility index (Phi) is 4.62. The number of hydrogen-bond donors (Lipinski definition) is 1. The van der Waals surface area contributed by atoms with Crippen LogP contribution in [0.3, 0.4) is 0 Å². The predicted molar refractivity (Wildman–Crippen MR) is 68.6 cm³/mol. The first-order chi connectivity index (χ1) is 7.56. The van der Waals surface area contributed by atoms with Gasteiger partial charge in [-0.25, -0.2) is 0 Å². The minimum Gasteiger partial charge on any atom is -0.497 e. The summed E-state index contributed by atoms with van der Waals surface area (Å²) in [6, 6.07) is 6.45. The molecular formula is C13H22N2O. The normalized spacial score (nSPS) is 12.8. The van der Waals surface area contributed by atoms with E-state index in [1.807, 2.05) is 18.2 Å². The second-order valence-corrected chi connectivity index (χ2v) is 4.29. The van der Waals surface area contributed by atoms with E-state index in [0.29, 0.717) is 6.04 Å². The van der Waals surface area contributed by atoms with Crippen molar-refractivity contribution < 1.29 is 4.74 Å². The van der Waals surface area contributed by atoms with Gasteiger partial charge in [0, 0.05) is 24.3 Å². The minimum absolute atomic E-state index is 0.576. The Labute approximate surface area is 98.2 Å². The summed E-state index contributed by atoms with van der Waals surface area (Å²) in [4.78, 5) is 2.31. The molecule has 1 rings (SSSR count). The van der Waals surface area contributed by atoms with Crippen LogP contribution < -0.4 is 10.5 Å². The van der Waals surface area contributed by atoms with Crippen molar-refractivity contribution in [1.29, 1.82) is 0 Å². The van der Waals surface area contributed by atoms with Crippen molar-refractivity contribution in [3.8, 4) is 5.75 Å². The molecule has 90 valence electrons. The third-order valence-electron chi connectivity index (χ3n) is 3.00. The first kappa shape index (κ1) is 12.8. The molecule has 0 amide bonds. The van der Waals surface area contributed by atoms with Gasteiger partial charge in [-0.05, 0) is 38.1 Å². The van der Waals surface area contributed by atoms with E-state index in [1.165, 1.54) is 5.56 Å². The van der Waals surface area contributed by atoms with E-state index in [9.17, 15) is 0 Å². The minimum atomic E-state index is 0.576. The van der Waals surface area contributed by atoms with Gasteiger partial charge in [0.05, 0.1) is 7.11 Å². The lowest BCUT2D eigenvalue weighted by atomic mass is 10.1. The van der Waals surface area contributed by atoms with Crippen LogP contribution >= 0.6 is 0 Å². The second-order valence-electron chi connectivity index (χ2n) is 4.29. The number of anilines is 1. The molecule has 3 heteroatoms. The van der Waals surface area contributed by atoms with Gasteiger partial charge in [0.25, 0.3) is 0 Å². The van der Waals surface area contributed by atoms with E-state index >= 15 is 0 Å². The highest BCUT2D eigenvalue weighted by Crippen LogP contribution is 2.20. The molecule has 2 N–H and O–H groups in total. The molecular weight excluding hydrogens is 200 g/mol. The van der Waals surface area contributed by atoms with E-state index in [0.717, 1.165) is 24.4 Å². The number of nitrogens with zero attached hydrogens (tertiary/aromatic N) is 1. The highest BCUT2D eigenvalue weighted by Gasteiger charge is 2.08. The largest absolute Gasteiger partial charge is 0.497 e. The molecule has 1 aromatic rings. The fourth-order valence-corrected chi connectivity index (χ4v) is 1.65. The monoisotopic (exact) mass is 222 g/mol. The molecule has 0 aliphatic carbocycles. The van der Waals surface area contributed by atoms with Crippen LogP contribution in [0, 0.1) is 0 Å². The molecule has 0 spiro atoms. The number of nitrogen functional groups attached to an aromatic ring is 1. The Morgan fingerprint density at radius 2 is 2.06 bits per heavy atom. The fraction of sp³-hybridized carbons (Fsp3) is 0.538. The number of nitrogens with two attached hydrogens (primary N) is 1. The van der Waals surface area contributed by atoms with Crippen LogP contribution in [0.25, 0.3) is 0 Å². The van der Waals surface area contributed by atoms with Gasteiger partial charge in [-0.2, -0.15) is 0 Å². The highest BCUT2D eigenvalue weighted by molar-refractivity contribution is 5.47. The zero-order valence-electron chi connectivity index (χ0n) is 10.7. The molecule has 16 heavy (non-hydrogen) atoms. The quantitative estimate of drug-likeness (QED) is 0.778. The Hall–Kier alpha value is -1.22. The van der Waals surface area contributed by atoms with Gasteiger partial charge < -0.3 is 10.5 Å².